The van der Waals surface area contributed by atoms with Gasteiger partial charge >= 0.3 is 6.03 Å². The predicted molar refractivity (Wildman–Crippen MR) is 73.9 cm³/mol. The van der Waals surface area contributed by atoms with E-state index in [1.54, 1.807) is 35.0 Å². The summed E-state index contributed by atoms with van der Waals surface area (Å²) in [6.45, 7) is 2.40. The van der Waals surface area contributed by atoms with Gasteiger partial charge in [0.15, 0.2) is 0 Å². The van der Waals surface area contributed by atoms with Crippen LogP contribution in [0.5, 0.6) is 0 Å². The van der Waals surface area contributed by atoms with Gasteiger partial charge in [0.05, 0.1) is 11.9 Å². The molecular formula is C12H20N6O2. The minimum Gasteiger partial charge on any atom is -0.396 e. The van der Waals surface area contributed by atoms with E-state index in [-0.39, 0.29) is 18.5 Å². The van der Waals surface area contributed by atoms with Crippen molar-refractivity contribution in [3.63, 3.8) is 0 Å². The van der Waals surface area contributed by atoms with Gasteiger partial charge in [0.1, 0.15) is 6.54 Å². The Bertz CT molecular complexity index is 490. The summed E-state index contributed by atoms with van der Waals surface area (Å²) < 4.78 is 1.52. The van der Waals surface area contributed by atoms with Crippen molar-refractivity contribution >= 4 is 17.6 Å². The van der Waals surface area contributed by atoms with Gasteiger partial charge in [-0.2, -0.15) is 5.10 Å². The van der Waals surface area contributed by atoms with Gasteiger partial charge in [-0.25, -0.2) is 4.79 Å². The summed E-state index contributed by atoms with van der Waals surface area (Å²) in [4.78, 5) is 28.9. The smallest absolute Gasteiger partial charge is 0.319 e. The number of anilines is 1. The minimum atomic E-state index is -0.0167. The number of aromatic nitrogens is 2. The van der Waals surface area contributed by atoms with Crippen LogP contribution in [0, 0.1) is 0 Å². The molecule has 0 atom stereocenters. The predicted octanol–water partition coefficient (Wildman–Crippen LogP) is -0.709. The first kappa shape index (κ1) is 14.2. The zero-order valence-corrected chi connectivity index (χ0v) is 11.8. The Hall–Kier alpha value is -2.25. The molecule has 1 aliphatic rings. The fraction of sp³-hybridized carbons (Fsp3) is 0.583. The number of hydrogen-bond donors (Lipinski definition) is 1. The third-order valence-electron chi connectivity index (χ3n) is 3.24. The van der Waals surface area contributed by atoms with Crippen LogP contribution in [0.2, 0.25) is 0 Å². The summed E-state index contributed by atoms with van der Waals surface area (Å²) in [5.41, 5.74) is 6.10. The Kier molecular flexibility index (Phi) is 4.11. The third-order valence-corrected chi connectivity index (χ3v) is 3.24. The van der Waals surface area contributed by atoms with Crippen LogP contribution in [0.3, 0.4) is 0 Å². The minimum absolute atomic E-state index is 0.00921. The van der Waals surface area contributed by atoms with Crippen molar-refractivity contribution in [1.82, 2.24) is 24.5 Å². The molecule has 8 heteroatoms. The van der Waals surface area contributed by atoms with Crippen molar-refractivity contribution in [2.75, 3.05) is 46.0 Å². The molecule has 8 nitrogen and oxygen atoms in total. The first-order chi connectivity index (χ1) is 9.47. The summed E-state index contributed by atoms with van der Waals surface area (Å²) in [6, 6.07) is -0.0167. The summed E-state index contributed by atoms with van der Waals surface area (Å²) in [5.74, 6) is -0.00921. The van der Waals surface area contributed by atoms with E-state index in [1.165, 1.54) is 10.9 Å². The second-order valence-corrected chi connectivity index (χ2v) is 5.02. The van der Waals surface area contributed by atoms with Crippen LogP contribution in [0.1, 0.15) is 0 Å². The zero-order valence-electron chi connectivity index (χ0n) is 11.8. The Labute approximate surface area is 117 Å². The van der Waals surface area contributed by atoms with E-state index in [2.05, 4.69) is 5.10 Å². The first-order valence-corrected chi connectivity index (χ1v) is 6.49. The number of urea groups is 1. The first-order valence-electron chi connectivity index (χ1n) is 6.49. The lowest BCUT2D eigenvalue weighted by Gasteiger charge is -2.35. The highest BCUT2D eigenvalue weighted by Crippen LogP contribution is 2.06. The Morgan fingerprint density at radius 1 is 1.25 bits per heavy atom. The average molecular weight is 280 g/mol. The van der Waals surface area contributed by atoms with Gasteiger partial charge in [0, 0.05) is 46.5 Å². The Balaban J connectivity index is 1.84. The topological polar surface area (TPSA) is 87.7 Å². The van der Waals surface area contributed by atoms with Crippen LogP contribution in [0.25, 0.3) is 0 Å². The lowest BCUT2D eigenvalue weighted by Crippen LogP contribution is -2.53. The normalized spacial score (nSPS) is 15.3. The summed E-state index contributed by atoms with van der Waals surface area (Å²) in [7, 11) is 3.45. The maximum atomic E-state index is 12.1. The SMILES string of the molecule is CN(C)C(=O)N1CCN(C(=O)Cn2cc(N)cn2)CC1. The van der Waals surface area contributed by atoms with E-state index < -0.39 is 0 Å². The maximum Gasteiger partial charge on any atom is 0.319 e. The molecule has 1 aromatic heterocycles. The molecule has 2 rings (SSSR count). The largest absolute Gasteiger partial charge is 0.396 e. The highest BCUT2D eigenvalue weighted by atomic mass is 16.2. The maximum absolute atomic E-state index is 12.1. The van der Waals surface area contributed by atoms with E-state index in [0.29, 0.717) is 31.9 Å². The van der Waals surface area contributed by atoms with Crippen LogP contribution < -0.4 is 5.73 Å². The number of nitrogens with zero attached hydrogens (tertiary/aromatic N) is 5. The molecule has 0 aromatic carbocycles. The number of carbonyl (C=O) groups is 2. The summed E-state index contributed by atoms with van der Waals surface area (Å²) in [5, 5.41) is 3.99. The van der Waals surface area contributed by atoms with Crippen LogP contribution in [0.4, 0.5) is 10.5 Å². The van der Waals surface area contributed by atoms with E-state index >= 15 is 0 Å². The van der Waals surface area contributed by atoms with Crippen molar-refractivity contribution in [3.8, 4) is 0 Å². The fourth-order valence-electron chi connectivity index (χ4n) is 2.13. The van der Waals surface area contributed by atoms with Crippen LogP contribution in [-0.2, 0) is 11.3 Å². The number of carbonyl (C=O) groups excluding carboxylic acids is 2. The number of nitrogen functional groups attached to an aromatic ring is 1. The van der Waals surface area contributed by atoms with E-state index in [9.17, 15) is 9.59 Å². The fourth-order valence-corrected chi connectivity index (χ4v) is 2.13. The molecule has 2 N–H and O–H groups in total. The summed E-state index contributed by atoms with van der Waals surface area (Å²) >= 11 is 0. The second kappa shape index (κ2) is 5.81. The molecule has 1 saturated heterocycles. The van der Waals surface area contributed by atoms with Crippen molar-refractivity contribution < 1.29 is 9.59 Å². The van der Waals surface area contributed by atoms with Gasteiger partial charge < -0.3 is 20.4 Å². The molecule has 1 fully saturated rings. The molecule has 2 heterocycles. The number of rotatable bonds is 2. The molecular weight excluding hydrogens is 260 g/mol. The molecule has 3 amide bonds. The van der Waals surface area contributed by atoms with Crippen molar-refractivity contribution in [2.45, 2.75) is 6.54 Å². The molecule has 0 aliphatic carbocycles. The summed E-state index contributed by atoms with van der Waals surface area (Å²) in [6.07, 6.45) is 3.14. The quantitative estimate of drug-likeness (QED) is 0.775. The highest BCUT2D eigenvalue weighted by molar-refractivity contribution is 5.77. The Morgan fingerprint density at radius 2 is 1.85 bits per heavy atom. The van der Waals surface area contributed by atoms with Gasteiger partial charge in [-0.15, -0.1) is 0 Å². The molecule has 0 radical (unpaired) electrons. The van der Waals surface area contributed by atoms with E-state index in [1.807, 2.05) is 0 Å². The average Bonchev–Trinajstić information content (AvgIpc) is 2.83. The monoisotopic (exact) mass is 280 g/mol. The molecule has 20 heavy (non-hydrogen) atoms. The van der Waals surface area contributed by atoms with Crippen molar-refractivity contribution in [1.29, 1.82) is 0 Å². The molecule has 0 saturated carbocycles. The number of piperazine rings is 1. The molecule has 110 valence electrons. The van der Waals surface area contributed by atoms with Gasteiger partial charge in [-0.3, -0.25) is 9.48 Å². The number of hydrogen-bond acceptors (Lipinski definition) is 4. The molecule has 1 aromatic rings. The van der Waals surface area contributed by atoms with Crippen LogP contribution >= 0.6 is 0 Å². The highest BCUT2D eigenvalue weighted by Gasteiger charge is 2.24. The van der Waals surface area contributed by atoms with Crippen LogP contribution in [0.15, 0.2) is 12.4 Å². The van der Waals surface area contributed by atoms with Crippen molar-refractivity contribution in [3.05, 3.63) is 12.4 Å². The molecule has 0 bridgehead atoms. The van der Waals surface area contributed by atoms with Gasteiger partial charge in [-0.1, -0.05) is 0 Å². The Morgan fingerprint density at radius 3 is 2.35 bits per heavy atom. The molecule has 0 spiro atoms. The zero-order chi connectivity index (χ0) is 14.7. The lowest BCUT2D eigenvalue weighted by molar-refractivity contribution is -0.133. The molecule has 0 unspecified atom stereocenters. The van der Waals surface area contributed by atoms with Crippen molar-refractivity contribution in [2.24, 2.45) is 0 Å². The number of amides is 3. The van der Waals surface area contributed by atoms with E-state index in [0.717, 1.165) is 0 Å². The third kappa shape index (κ3) is 3.19. The second-order valence-electron chi connectivity index (χ2n) is 5.02. The van der Waals surface area contributed by atoms with Gasteiger partial charge in [0.2, 0.25) is 5.91 Å². The van der Waals surface area contributed by atoms with Crippen LogP contribution in [-0.4, -0.2) is 76.7 Å². The molecule has 1 aliphatic heterocycles. The lowest BCUT2D eigenvalue weighted by atomic mass is 10.3. The van der Waals surface area contributed by atoms with Gasteiger partial charge in [-0.05, 0) is 0 Å². The van der Waals surface area contributed by atoms with Gasteiger partial charge in [0.25, 0.3) is 0 Å². The standard InChI is InChI=1S/C12H20N6O2/c1-15(2)12(20)17-5-3-16(4-6-17)11(19)9-18-8-10(13)7-14-18/h7-8H,3-6,9,13H2,1-2H3. The van der Waals surface area contributed by atoms with E-state index in [4.69, 9.17) is 5.73 Å². The number of nitrogens with two attached hydrogens (primary N) is 1.